The van der Waals surface area contributed by atoms with Gasteiger partial charge in [0.15, 0.2) is 0 Å². The number of carbonyl (C=O) groups is 1. The predicted molar refractivity (Wildman–Crippen MR) is 94.9 cm³/mol. The Balaban J connectivity index is 1.89. The summed E-state index contributed by atoms with van der Waals surface area (Å²) in [6, 6.07) is 6.08. The molecule has 0 unspecified atom stereocenters. The van der Waals surface area contributed by atoms with E-state index in [4.69, 9.17) is 9.47 Å². The quantitative estimate of drug-likeness (QED) is 0.762. The SMILES string of the molecule is COc1ccc(Br)c(CC2CCN(C(=O)OC(C)(C)C)CC2)c1. The number of nitrogens with zero attached hydrogens (tertiary/aromatic N) is 1. The van der Waals surface area contributed by atoms with Crippen molar-refractivity contribution in [2.45, 2.75) is 45.6 Å². The van der Waals surface area contributed by atoms with E-state index in [2.05, 4.69) is 22.0 Å². The highest BCUT2D eigenvalue weighted by Crippen LogP contribution is 2.29. The third-order valence-corrected chi connectivity index (χ3v) is 4.80. The van der Waals surface area contributed by atoms with E-state index < -0.39 is 5.60 Å². The van der Waals surface area contributed by atoms with Crippen LogP contribution in [0.4, 0.5) is 4.79 Å². The monoisotopic (exact) mass is 383 g/mol. The predicted octanol–water partition coefficient (Wildman–Crippen LogP) is 4.65. The van der Waals surface area contributed by atoms with Crippen LogP contribution in [-0.4, -0.2) is 36.8 Å². The Morgan fingerprint density at radius 2 is 1.96 bits per heavy atom. The van der Waals surface area contributed by atoms with E-state index in [0.717, 1.165) is 42.6 Å². The summed E-state index contributed by atoms with van der Waals surface area (Å²) in [7, 11) is 1.69. The summed E-state index contributed by atoms with van der Waals surface area (Å²) in [5.41, 5.74) is 0.833. The molecule has 1 saturated heterocycles. The van der Waals surface area contributed by atoms with Crippen LogP contribution in [0.3, 0.4) is 0 Å². The summed E-state index contributed by atoms with van der Waals surface area (Å²) < 4.78 is 11.9. The first kappa shape index (κ1) is 18.1. The van der Waals surface area contributed by atoms with Crippen LogP contribution >= 0.6 is 15.9 Å². The molecule has 0 spiro atoms. The molecule has 1 aromatic rings. The zero-order valence-electron chi connectivity index (χ0n) is 14.4. The van der Waals surface area contributed by atoms with Gasteiger partial charge in [-0.05, 0) is 69.7 Å². The van der Waals surface area contributed by atoms with E-state index in [9.17, 15) is 4.79 Å². The van der Waals surface area contributed by atoms with Crippen molar-refractivity contribution in [1.82, 2.24) is 4.90 Å². The molecule has 2 rings (SSSR count). The lowest BCUT2D eigenvalue weighted by Crippen LogP contribution is -2.42. The Kier molecular flexibility index (Phi) is 5.95. The summed E-state index contributed by atoms with van der Waals surface area (Å²) in [6.45, 7) is 7.23. The molecule has 1 heterocycles. The van der Waals surface area contributed by atoms with Crippen LogP contribution in [0.5, 0.6) is 5.75 Å². The Morgan fingerprint density at radius 1 is 1.30 bits per heavy atom. The second kappa shape index (κ2) is 7.56. The maximum Gasteiger partial charge on any atom is 0.410 e. The smallest absolute Gasteiger partial charge is 0.410 e. The number of ether oxygens (including phenoxy) is 2. The molecule has 0 aliphatic carbocycles. The van der Waals surface area contributed by atoms with Gasteiger partial charge in [-0.2, -0.15) is 0 Å². The first-order valence-electron chi connectivity index (χ1n) is 8.09. The van der Waals surface area contributed by atoms with Gasteiger partial charge in [-0.25, -0.2) is 4.79 Å². The molecule has 1 aliphatic rings. The van der Waals surface area contributed by atoms with Gasteiger partial charge < -0.3 is 14.4 Å². The zero-order valence-corrected chi connectivity index (χ0v) is 16.0. The molecule has 0 saturated carbocycles. The highest BCUT2D eigenvalue weighted by atomic mass is 79.9. The van der Waals surface area contributed by atoms with Crippen LogP contribution < -0.4 is 4.74 Å². The van der Waals surface area contributed by atoms with Crippen molar-refractivity contribution < 1.29 is 14.3 Å². The van der Waals surface area contributed by atoms with E-state index in [-0.39, 0.29) is 6.09 Å². The van der Waals surface area contributed by atoms with E-state index in [1.165, 1.54) is 5.56 Å². The topological polar surface area (TPSA) is 38.8 Å². The lowest BCUT2D eigenvalue weighted by molar-refractivity contribution is 0.0184. The highest BCUT2D eigenvalue weighted by molar-refractivity contribution is 9.10. The van der Waals surface area contributed by atoms with Crippen LogP contribution in [0, 0.1) is 5.92 Å². The average Bonchev–Trinajstić information content (AvgIpc) is 2.48. The number of benzene rings is 1. The van der Waals surface area contributed by atoms with Gasteiger partial charge in [-0.15, -0.1) is 0 Å². The Labute approximate surface area is 147 Å². The second-order valence-electron chi connectivity index (χ2n) is 7.07. The summed E-state index contributed by atoms with van der Waals surface area (Å²) in [5.74, 6) is 1.46. The van der Waals surface area contributed by atoms with E-state index >= 15 is 0 Å². The number of rotatable bonds is 3. The fourth-order valence-corrected chi connectivity index (χ4v) is 3.20. The molecule has 1 aromatic carbocycles. The van der Waals surface area contributed by atoms with E-state index in [1.807, 2.05) is 37.8 Å². The van der Waals surface area contributed by atoms with E-state index in [1.54, 1.807) is 7.11 Å². The minimum Gasteiger partial charge on any atom is -0.497 e. The number of carbonyl (C=O) groups excluding carboxylic acids is 1. The van der Waals surface area contributed by atoms with Gasteiger partial charge in [0.1, 0.15) is 11.4 Å². The summed E-state index contributed by atoms with van der Waals surface area (Å²) >= 11 is 3.61. The zero-order chi connectivity index (χ0) is 17.0. The molecular weight excluding hydrogens is 358 g/mol. The maximum absolute atomic E-state index is 12.1. The van der Waals surface area contributed by atoms with Crippen molar-refractivity contribution >= 4 is 22.0 Å². The number of hydrogen-bond donors (Lipinski definition) is 0. The van der Waals surface area contributed by atoms with Crippen LogP contribution in [0.1, 0.15) is 39.2 Å². The highest BCUT2D eigenvalue weighted by Gasteiger charge is 2.27. The van der Waals surface area contributed by atoms with Crippen molar-refractivity contribution in [3.63, 3.8) is 0 Å². The number of halogens is 1. The molecule has 5 heteroatoms. The van der Waals surface area contributed by atoms with Crippen molar-refractivity contribution in [2.75, 3.05) is 20.2 Å². The first-order valence-corrected chi connectivity index (χ1v) is 8.88. The molecule has 1 amide bonds. The van der Waals surface area contributed by atoms with Crippen molar-refractivity contribution in [3.05, 3.63) is 28.2 Å². The summed E-state index contributed by atoms with van der Waals surface area (Å²) in [6.07, 6.45) is 2.81. The third-order valence-electron chi connectivity index (χ3n) is 4.03. The fraction of sp³-hybridized carbons (Fsp3) is 0.611. The number of piperidine rings is 1. The van der Waals surface area contributed by atoms with Gasteiger partial charge in [0.2, 0.25) is 0 Å². The minimum absolute atomic E-state index is 0.196. The summed E-state index contributed by atoms with van der Waals surface area (Å²) in [5, 5.41) is 0. The molecule has 0 radical (unpaired) electrons. The molecular formula is C18H26BrNO3. The molecule has 0 atom stereocenters. The number of hydrogen-bond acceptors (Lipinski definition) is 3. The standard InChI is InChI=1S/C18H26BrNO3/c1-18(2,3)23-17(21)20-9-7-13(8-10-20)11-14-12-15(22-4)5-6-16(14)19/h5-6,12-13H,7-11H2,1-4H3. The van der Waals surface area contributed by atoms with Gasteiger partial charge >= 0.3 is 6.09 Å². The van der Waals surface area contributed by atoms with Gasteiger partial charge in [-0.3, -0.25) is 0 Å². The van der Waals surface area contributed by atoms with Crippen LogP contribution in [0.2, 0.25) is 0 Å². The largest absolute Gasteiger partial charge is 0.497 e. The number of methoxy groups -OCH3 is 1. The molecule has 23 heavy (non-hydrogen) atoms. The lowest BCUT2D eigenvalue weighted by Gasteiger charge is -2.33. The molecule has 4 nitrogen and oxygen atoms in total. The number of amides is 1. The minimum atomic E-state index is -0.431. The van der Waals surface area contributed by atoms with Crippen molar-refractivity contribution in [3.8, 4) is 5.75 Å². The first-order chi connectivity index (χ1) is 10.8. The molecule has 128 valence electrons. The van der Waals surface area contributed by atoms with Crippen LogP contribution in [0.25, 0.3) is 0 Å². The fourth-order valence-electron chi connectivity index (χ4n) is 2.79. The van der Waals surface area contributed by atoms with Crippen LogP contribution in [0.15, 0.2) is 22.7 Å². The van der Waals surface area contributed by atoms with Gasteiger partial charge in [0, 0.05) is 17.6 Å². The Bertz CT molecular complexity index is 546. The Hall–Kier alpha value is -1.23. The normalized spacial score (nSPS) is 16.3. The van der Waals surface area contributed by atoms with E-state index in [0.29, 0.717) is 5.92 Å². The van der Waals surface area contributed by atoms with Gasteiger partial charge in [0.25, 0.3) is 0 Å². The van der Waals surface area contributed by atoms with Gasteiger partial charge in [-0.1, -0.05) is 15.9 Å². The molecule has 1 fully saturated rings. The van der Waals surface area contributed by atoms with Crippen molar-refractivity contribution in [1.29, 1.82) is 0 Å². The summed E-state index contributed by atoms with van der Waals surface area (Å²) in [4.78, 5) is 13.9. The van der Waals surface area contributed by atoms with Crippen LogP contribution in [-0.2, 0) is 11.2 Å². The second-order valence-corrected chi connectivity index (χ2v) is 7.93. The Morgan fingerprint density at radius 3 is 2.52 bits per heavy atom. The molecule has 0 aromatic heterocycles. The van der Waals surface area contributed by atoms with Crippen molar-refractivity contribution in [2.24, 2.45) is 5.92 Å². The molecule has 1 aliphatic heterocycles. The lowest BCUT2D eigenvalue weighted by atomic mass is 9.90. The average molecular weight is 384 g/mol. The molecule has 0 N–H and O–H groups in total. The van der Waals surface area contributed by atoms with Gasteiger partial charge in [0.05, 0.1) is 7.11 Å². The molecule has 0 bridgehead atoms. The number of likely N-dealkylation sites (tertiary alicyclic amines) is 1. The maximum atomic E-state index is 12.1. The third kappa shape index (κ3) is 5.41.